The van der Waals surface area contributed by atoms with Gasteiger partial charge in [-0.1, -0.05) is 13.3 Å². The van der Waals surface area contributed by atoms with Gasteiger partial charge in [-0.05, 0) is 44.0 Å². The molecule has 0 radical (unpaired) electrons. The minimum absolute atomic E-state index is 0.266. The van der Waals surface area contributed by atoms with Crippen molar-refractivity contribution in [1.29, 1.82) is 0 Å². The van der Waals surface area contributed by atoms with Crippen molar-refractivity contribution in [3.8, 4) is 0 Å². The Kier molecular flexibility index (Phi) is 4.55. The van der Waals surface area contributed by atoms with Crippen molar-refractivity contribution in [2.45, 2.75) is 31.1 Å². The number of nitrogen functional groups attached to an aromatic ring is 1. The molecule has 1 fully saturated rings. The molecule has 5 nitrogen and oxygen atoms in total. The third-order valence-electron chi connectivity index (χ3n) is 4.11. The van der Waals surface area contributed by atoms with Crippen molar-refractivity contribution in [3.05, 3.63) is 18.2 Å². The van der Waals surface area contributed by atoms with E-state index in [0.29, 0.717) is 5.69 Å². The number of anilines is 2. The van der Waals surface area contributed by atoms with E-state index in [4.69, 9.17) is 5.73 Å². The van der Waals surface area contributed by atoms with Crippen LogP contribution >= 0.6 is 0 Å². The van der Waals surface area contributed by atoms with Crippen LogP contribution in [0.15, 0.2) is 23.1 Å². The molecule has 112 valence electrons. The summed E-state index contributed by atoms with van der Waals surface area (Å²) in [5.41, 5.74) is 7.48. The Morgan fingerprint density at radius 2 is 2.00 bits per heavy atom. The molecule has 1 aromatic carbocycles. The van der Waals surface area contributed by atoms with Gasteiger partial charge >= 0.3 is 0 Å². The molecule has 0 unspecified atom stereocenters. The zero-order chi connectivity index (χ0) is 14.8. The molecule has 0 aromatic heterocycles. The van der Waals surface area contributed by atoms with Gasteiger partial charge in [-0.3, -0.25) is 0 Å². The van der Waals surface area contributed by atoms with Gasteiger partial charge in [-0.2, -0.15) is 0 Å². The summed E-state index contributed by atoms with van der Waals surface area (Å²) < 4.78 is 26.1. The van der Waals surface area contributed by atoms with E-state index in [1.165, 1.54) is 13.5 Å². The predicted molar refractivity (Wildman–Crippen MR) is 82.3 cm³/mol. The van der Waals surface area contributed by atoms with Gasteiger partial charge in [0.05, 0.1) is 16.3 Å². The molecule has 6 heteroatoms. The number of benzene rings is 1. The quantitative estimate of drug-likeness (QED) is 0.831. The third kappa shape index (κ3) is 3.07. The molecule has 1 aromatic rings. The summed E-state index contributed by atoms with van der Waals surface area (Å²) in [6.07, 6.45) is 3.48. The predicted octanol–water partition coefficient (Wildman–Crippen LogP) is 1.80. The Morgan fingerprint density at radius 1 is 1.35 bits per heavy atom. The lowest BCUT2D eigenvalue weighted by Crippen LogP contribution is -2.34. The van der Waals surface area contributed by atoms with Crippen LogP contribution < -0.4 is 15.4 Å². The highest BCUT2D eigenvalue weighted by Gasteiger charge is 2.21. The Bertz CT molecular complexity index is 564. The number of hydrogen-bond donors (Lipinski definition) is 2. The molecule has 1 aliphatic heterocycles. The average molecular weight is 297 g/mol. The Balaban J connectivity index is 2.26. The summed E-state index contributed by atoms with van der Waals surface area (Å²) in [6, 6.07) is 4.89. The van der Waals surface area contributed by atoms with E-state index in [-0.39, 0.29) is 4.90 Å². The lowest BCUT2D eigenvalue weighted by atomic mass is 9.94. The first kappa shape index (κ1) is 15.1. The van der Waals surface area contributed by atoms with Crippen LogP contribution in [0.25, 0.3) is 0 Å². The minimum Gasteiger partial charge on any atom is -0.397 e. The first-order valence-electron chi connectivity index (χ1n) is 7.06. The highest BCUT2D eigenvalue weighted by molar-refractivity contribution is 7.89. The fraction of sp³-hybridized carbons (Fsp3) is 0.571. The van der Waals surface area contributed by atoms with Gasteiger partial charge in [-0.25, -0.2) is 13.1 Å². The topological polar surface area (TPSA) is 75.4 Å². The molecule has 0 aliphatic carbocycles. The molecule has 0 spiro atoms. The molecule has 1 aliphatic rings. The van der Waals surface area contributed by atoms with Crippen molar-refractivity contribution in [3.63, 3.8) is 0 Å². The van der Waals surface area contributed by atoms with Crippen LogP contribution in [-0.2, 0) is 10.0 Å². The first-order chi connectivity index (χ1) is 9.47. The zero-order valence-corrected chi connectivity index (χ0v) is 12.9. The zero-order valence-electron chi connectivity index (χ0n) is 12.1. The number of nitrogens with zero attached hydrogens (tertiary/aromatic N) is 1. The second kappa shape index (κ2) is 6.01. The SMILES string of the molecule is CCC1CCN(c2cc(S(=O)(=O)NC)ccc2N)CC1. The number of nitrogens with one attached hydrogen (secondary N) is 1. The fourth-order valence-electron chi connectivity index (χ4n) is 2.66. The molecule has 0 bridgehead atoms. The Hall–Kier alpha value is -1.27. The van der Waals surface area contributed by atoms with Crippen molar-refractivity contribution >= 4 is 21.4 Å². The molecule has 0 saturated carbocycles. The molecule has 0 atom stereocenters. The van der Waals surface area contributed by atoms with Crippen LogP contribution in [0, 0.1) is 5.92 Å². The second-order valence-corrected chi connectivity index (χ2v) is 7.15. The standard InChI is InChI=1S/C14H23N3O2S/c1-3-11-6-8-17(9-7-11)14-10-12(4-5-13(14)15)20(18,19)16-2/h4-5,10-11,16H,3,6-9,15H2,1-2H3. The first-order valence-corrected chi connectivity index (χ1v) is 8.54. The van der Waals surface area contributed by atoms with Gasteiger partial charge in [0, 0.05) is 13.1 Å². The van der Waals surface area contributed by atoms with Gasteiger partial charge in [0.25, 0.3) is 0 Å². The number of piperidine rings is 1. The largest absolute Gasteiger partial charge is 0.397 e. The summed E-state index contributed by atoms with van der Waals surface area (Å²) in [7, 11) is -2.01. The highest BCUT2D eigenvalue weighted by Crippen LogP contribution is 2.31. The highest BCUT2D eigenvalue weighted by atomic mass is 32.2. The minimum atomic E-state index is -3.42. The van der Waals surface area contributed by atoms with Crippen LogP contribution in [0.3, 0.4) is 0 Å². The summed E-state index contributed by atoms with van der Waals surface area (Å²) in [5.74, 6) is 0.775. The van der Waals surface area contributed by atoms with E-state index < -0.39 is 10.0 Å². The van der Waals surface area contributed by atoms with E-state index in [1.807, 2.05) is 0 Å². The van der Waals surface area contributed by atoms with E-state index in [9.17, 15) is 8.42 Å². The second-order valence-electron chi connectivity index (χ2n) is 5.27. The molecular formula is C14H23N3O2S. The summed E-state index contributed by atoms with van der Waals surface area (Å²) in [5, 5.41) is 0. The average Bonchev–Trinajstić information content (AvgIpc) is 2.47. The maximum Gasteiger partial charge on any atom is 0.240 e. The lowest BCUT2D eigenvalue weighted by molar-refractivity contribution is 0.395. The summed E-state index contributed by atoms with van der Waals surface area (Å²) in [4.78, 5) is 2.46. The normalized spacial score (nSPS) is 17.4. The van der Waals surface area contributed by atoms with Gasteiger partial charge in [0.15, 0.2) is 0 Å². The number of sulfonamides is 1. The monoisotopic (exact) mass is 297 g/mol. The smallest absolute Gasteiger partial charge is 0.240 e. The number of nitrogens with two attached hydrogens (primary N) is 1. The van der Waals surface area contributed by atoms with Crippen LogP contribution in [0.1, 0.15) is 26.2 Å². The molecule has 1 saturated heterocycles. The maximum atomic E-state index is 11.9. The van der Waals surface area contributed by atoms with Crippen molar-refractivity contribution < 1.29 is 8.42 Å². The van der Waals surface area contributed by atoms with Gasteiger partial charge in [0.2, 0.25) is 10.0 Å². The van der Waals surface area contributed by atoms with Crippen LogP contribution in [0.2, 0.25) is 0 Å². The van der Waals surface area contributed by atoms with Crippen molar-refractivity contribution in [2.75, 3.05) is 30.8 Å². The summed E-state index contributed by atoms with van der Waals surface area (Å²) in [6.45, 7) is 4.09. The van der Waals surface area contributed by atoms with Crippen LogP contribution in [0.5, 0.6) is 0 Å². The van der Waals surface area contributed by atoms with Gasteiger partial charge in [-0.15, -0.1) is 0 Å². The van der Waals surface area contributed by atoms with E-state index in [2.05, 4.69) is 16.5 Å². The number of hydrogen-bond acceptors (Lipinski definition) is 4. The van der Waals surface area contributed by atoms with Crippen molar-refractivity contribution in [2.24, 2.45) is 5.92 Å². The third-order valence-corrected chi connectivity index (χ3v) is 5.53. The molecule has 3 N–H and O–H groups in total. The lowest BCUT2D eigenvalue weighted by Gasteiger charge is -2.34. The van der Waals surface area contributed by atoms with E-state index >= 15 is 0 Å². The molecule has 1 heterocycles. The molecular weight excluding hydrogens is 274 g/mol. The van der Waals surface area contributed by atoms with Crippen LogP contribution in [-0.4, -0.2) is 28.6 Å². The van der Waals surface area contributed by atoms with Gasteiger partial charge in [0.1, 0.15) is 0 Å². The Morgan fingerprint density at radius 3 is 2.55 bits per heavy atom. The number of rotatable bonds is 4. The van der Waals surface area contributed by atoms with E-state index in [0.717, 1.165) is 37.5 Å². The van der Waals surface area contributed by atoms with E-state index in [1.54, 1.807) is 18.2 Å². The summed E-state index contributed by atoms with van der Waals surface area (Å²) >= 11 is 0. The Labute approximate surface area is 121 Å². The molecule has 0 amide bonds. The van der Waals surface area contributed by atoms with Gasteiger partial charge < -0.3 is 10.6 Å². The molecule has 2 rings (SSSR count). The van der Waals surface area contributed by atoms with Crippen molar-refractivity contribution in [1.82, 2.24) is 4.72 Å². The molecule has 20 heavy (non-hydrogen) atoms. The van der Waals surface area contributed by atoms with Crippen LogP contribution in [0.4, 0.5) is 11.4 Å². The maximum absolute atomic E-state index is 11.9. The fourth-order valence-corrected chi connectivity index (χ4v) is 3.41.